The average molecular weight is 458 g/mol. The molecule has 1 aliphatic carbocycles. The molecule has 2 aliphatic rings. The fraction of sp³-hybridized carbons (Fsp3) is 0.429. The Hall–Kier alpha value is -3.57. The Morgan fingerprint density at radius 3 is 2.52 bits per heavy atom. The van der Waals surface area contributed by atoms with E-state index in [1.165, 1.54) is 17.2 Å². The summed E-state index contributed by atoms with van der Waals surface area (Å²) in [4.78, 5) is 28.7. The average Bonchev–Trinajstić information content (AvgIpc) is 3.50. The van der Waals surface area contributed by atoms with Crippen molar-refractivity contribution >= 4 is 11.7 Å². The van der Waals surface area contributed by atoms with Gasteiger partial charge < -0.3 is 10.2 Å². The summed E-state index contributed by atoms with van der Waals surface area (Å²) in [6, 6.07) is 3.25. The Balaban J connectivity index is 1.40. The van der Waals surface area contributed by atoms with Gasteiger partial charge in [0.05, 0.1) is 30.8 Å². The smallest absolute Gasteiger partial charge is 0.364 e. The number of carbonyl (C=O) groups is 1. The van der Waals surface area contributed by atoms with Crippen LogP contribution >= 0.6 is 0 Å². The lowest BCUT2D eigenvalue weighted by molar-refractivity contribution is -0.141. The summed E-state index contributed by atoms with van der Waals surface area (Å²) in [5.74, 6) is 0.279. The van der Waals surface area contributed by atoms with Crippen LogP contribution in [0.2, 0.25) is 0 Å². The maximum absolute atomic E-state index is 13.7. The van der Waals surface area contributed by atoms with E-state index in [-0.39, 0.29) is 41.5 Å². The molecule has 2 bridgehead atoms. The SMILES string of the molecule is Cc1ccc(-n2nccn2)c(C(=O)N2[C@@H]3CC(CC3Nc3cnc(C(F)(F)F)cn3)[C@@H]2C)n1. The van der Waals surface area contributed by atoms with Crippen LogP contribution in [0.15, 0.2) is 36.9 Å². The van der Waals surface area contributed by atoms with Gasteiger partial charge in [0.2, 0.25) is 0 Å². The van der Waals surface area contributed by atoms with E-state index < -0.39 is 11.9 Å². The molecule has 1 N–H and O–H groups in total. The number of anilines is 1. The van der Waals surface area contributed by atoms with E-state index in [9.17, 15) is 18.0 Å². The van der Waals surface area contributed by atoms with Crippen molar-refractivity contribution in [3.05, 3.63) is 54.0 Å². The van der Waals surface area contributed by atoms with Gasteiger partial charge in [0, 0.05) is 17.8 Å². The summed E-state index contributed by atoms with van der Waals surface area (Å²) in [7, 11) is 0. The quantitative estimate of drug-likeness (QED) is 0.642. The van der Waals surface area contributed by atoms with E-state index in [4.69, 9.17) is 0 Å². The molecule has 12 heteroatoms. The van der Waals surface area contributed by atoms with Crippen LogP contribution < -0.4 is 5.32 Å². The molecule has 3 aromatic rings. The van der Waals surface area contributed by atoms with Crippen molar-refractivity contribution in [2.45, 2.75) is 51.0 Å². The number of nitrogens with zero attached hydrogens (tertiary/aromatic N) is 7. The standard InChI is InChI=1S/C21H21F3N8O/c1-11-3-4-15(32-27-5-6-28-32)19(29-11)20(33)31-12(2)13-7-14(16(31)8-13)30-18-10-25-17(9-26-18)21(22,23)24/h3-6,9-10,12-14,16H,7-8H2,1-2H3,(H,26,30)/t12-,13?,14?,16+/m0/s1. The maximum Gasteiger partial charge on any atom is 0.434 e. The number of rotatable bonds is 4. The minimum atomic E-state index is -4.54. The molecule has 3 aromatic heterocycles. The third-order valence-electron chi connectivity index (χ3n) is 6.40. The molecule has 1 amide bonds. The highest BCUT2D eigenvalue weighted by atomic mass is 19.4. The Kier molecular flexibility index (Phi) is 5.02. The lowest BCUT2D eigenvalue weighted by Gasteiger charge is -2.38. The first kappa shape index (κ1) is 21.3. The van der Waals surface area contributed by atoms with E-state index in [1.54, 1.807) is 12.1 Å². The lowest BCUT2D eigenvalue weighted by Crippen LogP contribution is -2.52. The minimum Gasteiger partial charge on any atom is -0.364 e. The summed E-state index contributed by atoms with van der Waals surface area (Å²) >= 11 is 0. The summed E-state index contributed by atoms with van der Waals surface area (Å²) in [5, 5.41) is 11.4. The van der Waals surface area contributed by atoms with Gasteiger partial charge in [-0.3, -0.25) is 4.79 Å². The predicted molar refractivity (Wildman–Crippen MR) is 110 cm³/mol. The van der Waals surface area contributed by atoms with Gasteiger partial charge in [-0.15, -0.1) is 4.80 Å². The van der Waals surface area contributed by atoms with Gasteiger partial charge in [0.1, 0.15) is 11.5 Å². The zero-order valence-electron chi connectivity index (χ0n) is 17.9. The Bertz CT molecular complexity index is 1170. The number of alkyl halides is 3. The van der Waals surface area contributed by atoms with Crippen LogP contribution in [0.25, 0.3) is 5.69 Å². The maximum atomic E-state index is 13.7. The number of carbonyl (C=O) groups excluding carboxylic acids is 1. The van der Waals surface area contributed by atoms with Crippen molar-refractivity contribution in [3.8, 4) is 5.69 Å². The van der Waals surface area contributed by atoms with Crippen LogP contribution in [0, 0.1) is 12.8 Å². The van der Waals surface area contributed by atoms with Crippen molar-refractivity contribution in [2.24, 2.45) is 5.92 Å². The Morgan fingerprint density at radius 2 is 1.88 bits per heavy atom. The Morgan fingerprint density at radius 1 is 1.12 bits per heavy atom. The van der Waals surface area contributed by atoms with Crippen LogP contribution in [-0.2, 0) is 6.18 Å². The molecule has 33 heavy (non-hydrogen) atoms. The van der Waals surface area contributed by atoms with Crippen molar-refractivity contribution in [1.82, 2.24) is 34.8 Å². The van der Waals surface area contributed by atoms with Crippen molar-refractivity contribution in [3.63, 3.8) is 0 Å². The number of aromatic nitrogens is 6. The summed E-state index contributed by atoms with van der Waals surface area (Å²) in [6.07, 6.45) is 1.87. The van der Waals surface area contributed by atoms with E-state index >= 15 is 0 Å². The first-order valence-corrected chi connectivity index (χ1v) is 10.5. The van der Waals surface area contributed by atoms with Crippen molar-refractivity contribution in [2.75, 3.05) is 5.32 Å². The van der Waals surface area contributed by atoms with Crippen LogP contribution in [0.5, 0.6) is 0 Å². The molecule has 2 fully saturated rings. The highest BCUT2D eigenvalue weighted by Gasteiger charge is 2.52. The van der Waals surface area contributed by atoms with Gasteiger partial charge in [0.15, 0.2) is 11.4 Å². The Labute approximate surface area is 187 Å². The lowest BCUT2D eigenvalue weighted by atomic mass is 9.97. The molecule has 0 aromatic carbocycles. The predicted octanol–water partition coefficient (Wildman–Crippen LogP) is 2.88. The summed E-state index contributed by atoms with van der Waals surface area (Å²) < 4.78 is 38.3. The summed E-state index contributed by atoms with van der Waals surface area (Å²) in [5.41, 5.74) is 0.403. The molecule has 1 aliphatic heterocycles. The normalized spacial score (nSPS) is 24.3. The van der Waals surface area contributed by atoms with Gasteiger partial charge in [-0.2, -0.15) is 23.4 Å². The fourth-order valence-electron chi connectivity index (χ4n) is 4.84. The molecular formula is C21H21F3N8O. The zero-order chi connectivity index (χ0) is 23.3. The van der Waals surface area contributed by atoms with Gasteiger partial charge >= 0.3 is 6.18 Å². The van der Waals surface area contributed by atoms with E-state index in [2.05, 4.69) is 30.5 Å². The first-order valence-electron chi connectivity index (χ1n) is 10.5. The number of hydrogen-bond acceptors (Lipinski definition) is 7. The van der Waals surface area contributed by atoms with E-state index in [0.717, 1.165) is 19.0 Å². The van der Waals surface area contributed by atoms with Crippen LogP contribution in [0.4, 0.5) is 19.0 Å². The molecule has 9 nitrogen and oxygen atoms in total. The number of halogens is 3. The number of aryl methyl sites for hydroxylation is 1. The molecule has 0 spiro atoms. The minimum absolute atomic E-state index is 0.0000163. The second-order valence-corrected chi connectivity index (χ2v) is 8.43. The van der Waals surface area contributed by atoms with Gasteiger partial charge in [0.25, 0.3) is 5.91 Å². The monoisotopic (exact) mass is 458 g/mol. The molecule has 5 rings (SSSR count). The van der Waals surface area contributed by atoms with Gasteiger partial charge in [-0.05, 0) is 44.7 Å². The third kappa shape index (κ3) is 3.79. The number of likely N-dealkylation sites (tertiary alicyclic amines) is 1. The molecule has 172 valence electrons. The topological polar surface area (TPSA) is 102 Å². The highest BCUT2D eigenvalue weighted by molar-refractivity contribution is 5.96. The molecule has 1 saturated heterocycles. The van der Waals surface area contributed by atoms with Crippen LogP contribution in [0.1, 0.15) is 41.6 Å². The van der Waals surface area contributed by atoms with Gasteiger partial charge in [-0.25, -0.2) is 15.0 Å². The highest BCUT2D eigenvalue weighted by Crippen LogP contribution is 2.44. The number of nitrogens with one attached hydrogen (secondary N) is 1. The van der Waals surface area contributed by atoms with Crippen LogP contribution in [0.3, 0.4) is 0 Å². The first-order chi connectivity index (χ1) is 15.7. The molecule has 4 atom stereocenters. The number of piperidine rings is 1. The second kappa shape index (κ2) is 7.78. The molecule has 1 saturated carbocycles. The van der Waals surface area contributed by atoms with Crippen molar-refractivity contribution < 1.29 is 18.0 Å². The number of fused-ring (bicyclic) bond motifs is 2. The molecule has 0 radical (unpaired) electrons. The van der Waals surface area contributed by atoms with E-state index in [0.29, 0.717) is 17.6 Å². The largest absolute Gasteiger partial charge is 0.434 e. The number of pyridine rings is 1. The zero-order valence-corrected chi connectivity index (χ0v) is 17.9. The van der Waals surface area contributed by atoms with Crippen molar-refractivity contribution in [1.29, 1.82) is 0 Å². The van der Waals surface area contributed by atoms with Crippen LogP contribution in [-0.4, -0.2) is 58.9 Å². The fourth-order valence-corrected chi connectivity index (χ4v) is 4.84. The van der Waals surface area contributed by atoms with E-state index in [1.807, 2.05) is 18.7 Å². The molecule has 4 heterocycles. The second-order valence-electron chi connectivity index (χ2n) is 8.43. The summed E-state index contributed by atoms with van der Waals surface area (Å²) in [6.45, 7) is 3.82. The molecule has 2 unspecified atom stereocenters. The number of hydrogen-bond donors (Lipinski definition) is 1. The third-order valence-corrected chi connectivity index (χ3v) is 6.40. The molecular weight excluding hydrogens is 437 g/mol. The number of amides is 1. The van der Waals surface area contributed by atoms with Gasteiger partial charge in [-0.1, -0.05) is 0 Å².